The number of hydrogen-bond donors (Lipinski definition) is 2. The zero-order valence-corrected chi connectivity index (χ0v) is 17.5. The lowest BCUT2D eigenvalue weighted by atomic mass is 9.93. The lowest BCUT2D eigenvalue weighted by molar-refractivity contribution is -0.120. The predicted octanol–water partition coefficient (Wildman–Crippen LogP) is 4.49. The van der Waals surface area contributed by atoms with Crippen molar-refractivity contribution in [2.45, 2.75) is 38.0 Å². The van der Waals surface area contributed by atoms with Crippen LogP contribution < -0.4 is 14.8 Å². The van der Waals surface area contributed by atoms with Crippen molar-refractivity contribution in [1.82, 2.24) is 0 Å². The number of ether oxygens (including phenoxy) is 1. The molecule has 7 heteroatoms. The van der Waals surface area contributed by atoms with E-state index in [0.717, 1.165) is 12.8 Å². The highest BCUT2D eigenvalue weighted by Gasteiger charge is 2.21. The van der Waals surface area contributed by atoms with Crippen LogP contribution in [0.2, 0.25) is 0 Å². The third-order valence-electron chi connectivity index (χ3n) is 4.80. The molecule has 0 heterocycles. The number of nitrogens with one attached hydrogen (secondary N) is 2. The van der Waals surface area contributed by atoms with Crippen molar-refractivity contribution in [2.24, 2.45) is 5.92 Å². The lowest BCUT2D eigenvalue weighted by Gasteiger charge is -2.18. The second kappa shape index (κ2) is 9.13. The van der Waals surface area contributed by atoms with E-state index in [-0.39, 0.29) is 16.7 Å². The second-order valence-corrected chi connectivity index (χ2v) is 8.66. The summed E-state index contributed by atoms with van der Waals surface area (Å²) in [5.74, 6) is 0.512. The van der Waals surface area contributed by atoms with Gasteiger partial charge in [0.05, 0.1) is 11.5 Å². The first-order valence-corrected chi connectivity index (χ1v) is 11.2. The number of benzene rings is 2. The van der Waals surface area contributed by atoms with Crippen molar-refractivity contribution in [3.8, 4) is 5.75 Å². The van der Waals surface area contributed by atoms with Gasteiger partial charge in [-0.05, 0) is 75.1 Å². The first-order valence-electron chi connectivity index (χ1n) is 9.71. The monoisotopic (exact) mass is 414 g/mol. The Balaban J connectivity index is 1.76. The number of amides is 1. The van der Waals surface area contributed by atoms with Crippen LogP contribution >= 0.6 is 0 Å². The minimum Gasteiger partial charge on any atom is -0.494 e. The number of carbonyl (C=O) groups is 1. The van der Waals surface area contributed by atoms with Gasteiger partial charge in [-0.25, -0.2) is 8.42 Å². The van der Waals surface area contributed by atoms with Gasteiger partial charge in [0.2, 0.25) is 5.91 Å². The first-order chi connectivity index (χ1) is 13.9. The van der Waals surface area contributed by atoms with Crippen molar-refractivity contribution >= 4 is 27.3 Å². The number of carbonyl (C=O) groups excluding carboxylic acids is 1. The van der Waals surface area contributed by atoms with Gasteiger partial charge >= 0.3 is 0 Å². The number of rotatable bonds is 7. The maximum atomic E-state index is 12.9. The molecule has 154 valence electrons. The summed E-state index contributed by atoms with van der Waals surface area (Å²) in [6.45, 7) is 4.15. The van der Waals surface area contributed by atoms with Crippen molar-refractivity contribution in [1.29, 1.82) is 0 Å². The molecule has 0 aromatic heterocycles. The summed E-state index contributed by atoms with van der Waals surface area (Å²) in [6, 6.07) is 11.7. The van der Waals surface area contributed by atoms with Crippen molar-refractivity contribution < 1.29 is 17.9 Å². The van der Waals surface area contributed by atoms with Crippen molar-refractivity contribution in [2.75, 3.05) is 16.6 Å². The van der Waals surface area contributed by atoms with Gasteiger partial charge in [-0.1, -0.05) is 18.2 Å². The van der Waals surface area contributed by atoms with Crippen LogP contribution in [0.15, 0.2) is 59.5 Å². The van der Waals surface area contributed by atoms with Gasteiger partial charge in [0.15, 0.2) is 0 Å². The van der Waals surface area contributed by atoms with Crippen LogP contribution in [0.25, 0.3) is 0 Å². The van der Waals surface area contributed by atoms with Crippen molar-refractivity contribution in [3.05, 3.63) is 60.2 Å². The lowest BCUT2D eigenvalue weighted by Crippen LogP contribution is -2.23. The summed E-state index contributed by atoms with van der Waals surface area (Å²) >= 11 is 0. The molecule has 6 nitrogen and oxygen atoms in total. The molecular formula is C22H26N2O4S. The van der Waals surface area contributed by atoms with E-state index < -0.39 is 10.0 Å². The minimum atomic E-state index is -3.81. The van der Waals surface area contributed by atoms with E-state index in [1.165, 1.54) is 6.07 Å². The Morgan fingerprint density at radius 1 is 1.10 bits per heavy atom. The topological polar surface area (TPSA) is 84.5 Å². The SMILES string of the molecule is CCOc1ccc(NS(=O)(=O)c2cc(NC(=O)C3CC=CCC3)ccc2C)cc1. The molecule has 1 unspecified atom stereocenters. The Bertz CT molecular complexity index is 998. The summed E-state index contributed by atoms with van der Waals surface area (Å²) in [6.07, 6.45) is 6.49. The Morgan fingerprint density at radius 2 is 1.83 bits per heavy atom. The fraction of sp³-hybridized carbons (Fsp3) is 0.318. The molecule has 0 saturated carbocycles. The van der Waals surface area contributed by atoms with Crippen LogP contribution in [0.4, 0.5) is 11.4 Å². The first kappa shape index (κ1) is 20.9. The van der Waals surface area contributed by atoms with Crippen molar-refractivity contribution in [3.63, 3.8) is 0 Å². The molecule has 0 spiro atoms. The molecule has 2 aromatic rings. The average Bonchev–Trinajstić information content (AvgIpc) is 2.71. The second-order valence-electron chi connectivity index (χ2n) is 7.01. The molecule has 1 atom stereocenters. The predicted molar refractivity (Wildman–Crippen MR) is 115 cm³/mol. The molecule has 0 aliphatic heterocycles. The molecule has 1 aliphatic rings. The number of allylic oxidation sites excluding steroid dienone is 2. The highest BCUT2D eigenvalue weighted by molar-refractivity contribution is 7.92. The summed E-state index contributed by atoms with van der Waals surface area (Å²) in [4.78, 5) is 12.6. The van der Waals surface area contributed by atoms with E-state index in [2.05, 4.69) is 16.1 Å². The maximum Gasteiger partial charge on any atom is 0.262 e. The normalized spacial score (nSPS) is 16.3. The molecule has 0 bridgehead atoms. The number of hydrogen-bond acceptors (Lipinski definition) is 4. The standard InChI is InChI=1S/C22H26N2O4S/c1-3-28-20-13-11-18(12-14-20)24-29(26,27)21-15-19(10-9-16(21)2)23-22(25)17-7-5-4-6-8-17/h4-5,9-15,17,24H,3,6-8H2,1-2H3,(H,23,25). The smallest absolute Gasteiger partial charge is 0.262 e. The molecule has 0 fully saturated rings. The Hall–Kier alpha value is -2.80. The van der Waals surface area contributed by atoms with Gasteiger partial charge in [0.1, 0.15) is 5.75 Å². The fourth-order valence-corrected chi connectivity index (χ4v) is 4.57. The minimum absolute atomic E-state index is 0.0802. The number of aryl methyl sites for hydroxylation is 1. The highest BCUT2D eigenvalue weighted by atomic mass is 32.2. The summed E-state index contributed by atoms with van der Waals surface area (Å²) in [5, 5.41) is 2.86. The van der Waals surface area contributed by atoms with Crippen LogP contribution in [0, 0.1) is 12.8 Å². The largest absolute Gasteiger partial charge is 0.494 e. The maximum absolute atomic E-state index is 12.9. The Labute approximate surface area is 172 Å². The van der Waals surface area contributed by atoms with E-state index >= 15 is 0 Å². The van der Waals surface area contributed by atoms with Gasteiger partial charge in [-0.15, -0.1) is 0 Å². The molecule has 3 rings (SSSR count). The van der Waals surface area contributed by atoms with Crippen LogP contribution in [0.5, 0.6) is 5.75 Å². The molecule has 0 radical (unpaired) electrons. The van der Waals surface area contributed by atoms with Gasteiger partial charge in [-0.3, -0.25) is 9.52 Å². The molecule has 1 aliphatic carbocycles. The average molecular weight is 415 g/mol. The van der Waals surface area contributed by atoms with Crippen LogP contribution in [-0.4, -0.2) is 20.9 Å². The third kappa shape index (κ3) is 5.38. The molecule has 1 amide bonds. The summed E-state index contributed by atoms with van der Waals surface area (Å²) in [5.41, 5.74) is 1.51. The Morgan fingerprint density at radius 3 is 2.48 bits per heavy atom. The van der Waals surface area contributed by atoms with E-state index in [9.17, 15) is 13.2 Å². The van der Waals surface area contributed by atoms with E-state index in [1.807, 2.05) is 13.0 Å². The summed E-state index contributed by atoms with van der Waals surface area (Å²) < 4.78 is 33.8. The van der Waals surface area contributed by atoms with Crippen LogP contribution in [0.3, 0.4) is 0 Å². The quantitative estimate of drug-likeness (QED) is 0.654. The number of anilines is 2. The fourth-order valence-electron chi connectivity index (χ4n) is 3.24. The van der Waals surface area contributed by atoms with Gasteiger partial charge in [0, 0.05) is 17.3 Å². The Kier molecular flexibility index (Phi) is 6.59. The molecule has 29 heavy (non-hydrogen) atoms. The summed E-state index contributed by atoms with van der Waals surface area (Å²) in [7, 11) is -3.81. The zero-order chi connectivity index (χ0) is 20.9. The molecule has 2 N–H and O–H groups in total. The molecule has 0 saturated heterocycles. The molecular weight excluding hydrogens is 388 g/mol. The van der Waals surface area contributed by atoms with E-state index in [4.69, 9.17) is 4.74 Å². The zero-order valence-electron chi connectivity index (χ0n) is 16.6. The molecule has 2 aromatic carbocycles. The van der Waals surface area contributed by atoms with E-state index in [0.29, 0.717) is 35.7 Å². The van der Waals surface area contributed by atoms with Crippen LogP contribution in [0.1, 0.15) is 31.7 Å². The van der Waals surface area contributed by atoms with Gasteiger partial charge < -0.3 is 10.1 Å². The highest BCUT2D eigenvalue weighted by Crippen LogP contribution is 2.26. The van der Waals surface area contributed by atoms with Gasteiger partial charge in [0.25, 0.3) is 10.0 Å². The van der Waals surface area contributed by atoms with Gasteiger partial charge in [-0.2, -0.15) is 0 Å². The van der Waals surface area contributed by atoms with E-state index in [1.54, 1.807) is 43.3 Å². The number of sulfonamides is 1. The van der Waals surface area contributed by atoms with Crippen LogP contribution in [-0.2, 0) is 14.8 Å². The third-order valence-corrected chi connectivity index (χ3v) is 6.33.